The van der Waals surface area contributed by atoms with Gasteiger partial charge in [0.25, 0.3) is 5.91 Å². The Bertz CT molecular complexity index is 1450. The minimum absolute atomic E-state index is 0.00140. The number of hydrogen-bond acceptors (Lipinski definition) is 7. The lowest BCUT2D eigenvalue weighted by Gasteiger charge is -2.12. The number of aryl methyl sites for hydroxylation is 2. The predicted octanol–water partition coefficient (Wildman–Crippen LogP) is 4.87. The van der Waals surface area contributed by atoms with E-state index in [1.807, 2.05) is 31.2 Å². The molecule has 0 aliphatic carbocycles. The third-order valence-corrected chi connectivity index (χ3v) is 5.84. The maximum atomic E-state index is 12.3. The highest BCUT2D eigenvalue weighted by molar-refractivity contribution is 7.80. The number of carbonyl (C=O) groups is 1. The molecular formula is C26H26N6O4S. The van der Waals surface area contributed by atoms with Crippen LogP contribution in [0.15, 0.2) is 60.7 Å². The summed E-state index contributed by atoms with van der Waals surface area (Å²) in [5.74, 6) is -0.552. The number of unbranched alkanes of at least 4 members (excludes halogenated alkanes) is 1. The Hall–Kier alpha value is -4.38. The first-order valence-electron chi connectivity index (χ1n) is 11.8. The maximum Gasteiger partial charge on any atom is 0.310 e. The summed E-state index contributed by atoms with van der Waals surface area (Å²) in [5, 5.41) is 25.8. The first kappa shape index (κ1) is 25.7. The number of ether oxygens (including phenoxy) is 1. The first-order valence-corrected chi connectivity index (χ1v) is 12.2. The molecule has 0 bridgehead atoms. The van der Waals surface area contributed by atoms with Crippen LogP contribution in [0.25, 0.3) is 16.7 Å². The predicted molar refractivity (Wildman–Crippen MR) is 145 cm³/mol. The second-order valence-corrected chi connectivity index (χ2v) is 8.84. The number of nitro benzene ring substituents is 1. The molecule has 1 heterocycles. The number of aromatic nitrogens is 3. The highest BCUT2D eigenvalue weighted by atomic mass is 32.1. The number of fused-ring (bicyclic) bond motifs is 1. The molecule has 190 valence electrons. The van der Waals surface area contributed by atoms with Gasteiger partial charge in [0, 0.05) is 11.8 Å². The number of hydrogen-bond donors (Lipinski definition) is 2. The van der Waals surface area contributed by atoms with Gasteiger partial charge in [0.15, 0.2) is 17.5 Å². The molecule has 0 aliphatic rings. The van der Waals surface area contributed by atoms with Gasteiger partial charge in [-0.1, -0.05) is 37.6 Å². The lowest BCUT2D eigenvalue weighted by Crippen LogP contribution is -2.37. The molecule has 0 aliphatic heterocycles. The molecule has 0 radical (unpaired) electrons. The minimum atomic E-state index is -0.572. The van der Waals surface area contributed by atoms with Crippen LogP contribution in [-0.4, -0.2) is 37.5 Å². The number of rotatable bonds is 9. The third kappa shape index (κ3) is 6.44. The van der Waals surface area contributed by atoms with Crippen molar-refractivity contribution < 1.29 is 14.5 Å². The number of benzene rings is 3. The highest BCUT2D eigenvalue weighted by Gasteiger charge is 2.16. The summed E-state index contributed by atoms with van der Waals surface area (Å²) < 4.78 is 5.30. The standard InChI is InChI=1S/C26H26N6O4S/c1-3-4-7-18-10-12-19(13-11-18)31-29-21-14-17(2)20(15-22(21)30-31)27-26(37)28-25(33)16-36-24-9-6-5-8-23(24)32(34)35/h5-6,8-15H,3-4,7,16H2,1-2H3,(H2,27,28,33,37). The van der Waals surface area contributed by atoms with Crippen molar-refractivity contribution in [2.24, 2.45) is 0 Å². The molecule has 0 atom stereocenters. The van der Waals surface area contributed by atoms with Crippen LogP contribution in [0, 0.1) is 17.0 Å². The Balaban J connectivity index is 1.39. The highest BCUT2D eigenvalue weighted by Crippen LogP contribution is 2.26. The van der Waals surface area contributed by atoms with E-state index in [4.69, 9.17) is 17.0 Å². The number of carbonyl (C=O) groups excluding carboxylic acids is 1. The Morgan fingerprint density at radius 1 is 1.11 bits per heavy atom. The lowest BCUT2D eigenvalue weighted by atomic mass is 10.1. The number of nitrogens with one attached hydrogen (secondary N) is 2. The van der Waals surface area contributed by atoms with Gasteiger partial charge >= 0.3 is 5.69 Å². The quantitative estimate of drug-likeness (QED) is 0.183. The van der Waals surface area contributed by atoms with Gasteiger partial charge in [0.05, 0.1) is 10.6 Å². The largest absolute Gasteiger partial charge is 0.477 e. The number of nitrogens with zero attached hydrogens (tertiary/aromatic N) is 4. The Morgan fingerprint density at radius 3 is 2.51 bits per heavy atom. The van der Waals surface area contributed by atoms with Gasteiger partial charge in [0.1, 0.15) is 11.0 Å². The lowest BCUT2D eigenvalue weighted by molar-refractivity contribution is -0.385. The average Bonchev–Trinajstić information content (AvgIpc) is 3.29. The fourth-order valence-corrected chi connectivity index (χ4v) is 3.91. The van der Waals surface area contributed by atoms with Crippen LogP contribution in [0.2, 0.25) is 0 Å². The van der Waals surface area contributed by atoms with Crippen LogP contribution in [0.4, 0.5) is 11.4 Å². The van der Waals surface area contributed by atoms with Crippen LogP contribution in [0.3, 0.4) is 0 Å². The second-order valence-electron chi connectivity index (χ2n) is 8.43. The number of amides is 1. The van der Waals surface area contributed by atoms with Crippen molar-refractivity contribution in [2.45, 2.75) is 33.1 Å². The van der Waals surface area contributed by atoms with Crippen molar-refractivity contribution in [3.05, 3.63) is 81.9 Å². The van der Waals surface area contributed by atoms with E-state index in [-0.39, 0.29) is 16.5 Å². The summed E-state index contributed by atoms with van der Waals surface area (Å²) >= 11 is 5.27. The van der Waals surface area contributed by atoms with Gasteiger partial charge in [-0.15, -0.1) is 10.2 Å². The van der Waals surface area contributed by atoms with E-state index < -0.39 is 17.4 Å². The summed E-state index contributed by atoms with van der Waals surface area (Å²) in [6.07, 6.45) is 3.36. The van der Waals surface area contributed by atoms with Gasteiger partial charge in [0.2, 0.25) is 0 Å². The van der Waals surface area contributed by atoms with Crippen molar-refractivity contribution in [2.75, 3.05) is 11.9 Å². The molecule has 10 nitrogen and oxygen atoms in total. The average molecular weight is 519 g/mol. The van der Waals surface area contributed by atoms with E-state index in [1.54, 1.807) is 10.9 Å². The topological polar surface area (TPSA) is 124 Å². The monoisotopic (exact) mass is 518 g/mol. The molecule has 0 saturated heterocycles. The molecule has 3 aromatic carbocycles. The minimum Gasteiger partial charge on any atom is -0.477 e. The third-order valence-electron chi connectivity index (χ3n) is 5.63. The van der Waals surface area contributed by atoms with Crippen LogP contribution >= 0.6 is 12.2 Å². The summed E-state index contributed by atoms with van der Waals surface area (Å²) in [6, 6.07) is 17.7. The van der Waals surface area contributed by atoms with Gasteiger partial charge in [-0.05, 0) is 73.4 Å². The molecule has 0 spiro atoms. The molecule has 0 fully saturated rings. The fraction of sp³-hybridized carbons (Fsp3) is 0.231. The van der Waals surface area contributed by atoms with Crippen molar-refractivity contribution in [1.29, 1.82) is 0 Å². The number of para-hydroxylation sites is 2. The van der Waals surface area contributed by atoms with Crippen LogP contribution < -0.4 is 15.4 Å². The zero-order valence-corrected chi connectivity index (χ0v) is 21.2. The zero-order chi connectivity index (χ0) is 26.4. The molecule has 0 unspecified atom stereocenters. The molecule has 37 heavy (non-hydrogen) atoms. The smallest absolute Gasteiger partial charge is 0.310 e. The zero-order valence-electron chi connectivity index (χ0n) is 20.4. The maximum absolute atomic E-state index is 12.3. The first-order chi connectivity index (χ1) is 17.8. The van der Waals surface area contributed by atoms with Gasteiger partial charge in [-0.25, -0.2) is 0 Å². The van der Waals surface area contributed by atoms with E-state index in [9.17, 15) is 14.9 Å². The van der Waals surface area contributed by atoms with Gasteiger partial charge < -0.3 is 10.1 Å². The van der Waals surface area contributed by atoms with E-state index in [0.717, 1.165) is 36.0 Å². The number of anilines is 1. The van der Waals surface area contributed by atoms with E-state index in [2.05, 4.69) is 39.9 Å². The van der Waals surface area contributed by atoms with E-state index in [1.165, 1.54) is 23.8 Å². The molecular weight excluding hydrogens is 492 g/mol. The second kappa shape index (κ2) is 11.6. The Labute approximate surface area is 218 Å². The van der Waals surface area contributed by atoms with E-state index in [0.29, 0.717) is 11.2 Å². The van der Waals surface area contributed by atoms with Crippen LogP contribution in [0.5, 0.6) is 5.75 Å². The van der Waals surface area contributed by atoms with Crippen LogP contribution in [-0.2, 0) is 11.2 Å². The summed E-state index contributed by atoms with van der Waals surface area (Å²) in [6.45, 7) is 3.64. The van der Waals surface area contributed by atoms with Crippen molar-refractivity contribution in [3.8, 4) is 11.4 Å². The normalized spacial score (nSPS) is 10.8. The summed E-state index contributed by atoms with van der Waals surface area (Å²) in [4.78, 5) is 24.4. The van der Waals surface area contributed by atoms with E-state index >= 15 is 0 Å². The molecule has 1 aromatic heterocycles. The Kier molecular flexibility index (Phi) is 8.04. The molecule has 0 saturated carbocycles. The molecule has 2 N–H and O–H groups in total. The SMILES string of the molecule is CCCCc1ccc(-n2nc3cc(C)c(NC(=S)NC(=O)COc4ccccc4[N+](=O)[O-])cc3n2)cc1. The van der Waals surface area contributed by atoms with Crippen molar-refractivity contribution in [3.63, 3.8) is 0 Å². The summed E-state index contributed by atoms with van der Waals surface area (Å²) in [5.41, 5.74) is 4.85. The van der Waals surface area contributed by atoms with Crippen LogP contribution in [0.1, 0.15) is 30.9 Å². The number of thiocarbonyl (C=S) groups is 1. The molecule has 4 rings (SSSR count). The van der Waals surface area contributed by atoms with Gasteiger partial charge in [-0.2, -0.15) is 4.80 Å². The molecule has 11 heteroatoms. The number of nitro groups is 1. The summed E-state index contributed by atoms with van der Waals surface area (Å²) in [7, 11) is 0. The van der Waals surface area contributed by atoms with Gasteiger partial charge in [-0.3, -0.25) is 20.2 Å². The van der Waals surface area contributed by atoms with Crippen molar-refractivity contribution >= 4 is 45.6 Å². The molecule has 1 amide bonds. The van der Waals surface area contributed by atoms with Crippen molar-refractivity contribution in [1.82, 2.24) is 20.3 Å². The molecule has 4 aromatic rings. The Morgan fingerprint density at radius 2 is 1.81 bits per heavy atom. The fourth-order valence-electron chi connectivity index (χ4n) is 3.68.